The lowest BCUT2D eigenvalue weighted by atomic mass is 10.2. The molecule has 0 aliphatic rings. The molecule has 0 saturated heterocycles. The molecule has 0 aliphatic heterocycles. The van der Waals surface area contributed by atoms with E-state index in [1.807, 2.05) is 41.8 Å². The zero-order valence-electron chi connectivity index (χ0n) is 10.7. The van der Waals surface area contributed by atoms with Crippen LogP contribution < -0.4 is 5.32 Å². The van der Waals surface area contributed by atoms with Gasteiger partial charge in [-0.05, 0) is 35.7 Å². The first-order chi connectivity index (χ1) is 9.81. The van der Waals surface area contributed by atoms with Crippen molar-refractivity contribution in [1.29, 1.82) is 0 Å². The first kappa shape index (κ1) is 12.6. The third-order valence-electron chi connectivity index (χ3n) is 2.86. The number of H-pyrrole nitrogens is 1. The maximum absolute atomic E-state index is 11.9. The predicted octanol–water partition coefficient (Wildman–Crippen LogP) is 3.32. The smallest absolute Gasteiger partial charge is 0.229 e. The highest BCUT2D eigenvalue weighted by atomic mass is 32.1. The van der Waals surface area contributed by atoms with E-state index in [-0.39, 0.29) is 5.91 Å². The number of nitrogens with one attached hydrogen (secondary N) is 2. The Morgan fingerprint density at radius 2 is 2.10 bits per heavy atom. The highest BCUT2D eigenvalue weighted by Gasteiger charge is 2.05. The summed E-state index contributed by atoms with van der Waals surface area (Å²) >= 11 is 1.59. The minimum atomic E-state index is -0.00167. The molecule has 0 fully saturated rings. The Morgan fingerprint density at radius 1 is 1.25 bits per heavy atom. The van der Waals surface area contributed by atoms with Crippen molar-refractivity contribution in [2.45, 2.75) is 6.42 Å². The molecule has 3 rings (SSSR count). The minimum absolute atomic E-state index is 0.00167. The standard InChI is InChI=1S/C15H13N3OS/c19-14(10-13-2-1-9-20-13)18-12-5-3-11(4-6-12)15-16-7-8-17-15/h1-9H,10H2,(H,16,17)(H,18,19). The van der Waals surface area contributed by atoms with Gasteiger partial charge in [0.2, 0.25) is 5.91 Å². The monoisotopic (exact) mass is 283 g/mol. The lowest BCUT2D eigenvalue weighted by Gasteiger charge is -2.05. The molecule has 3 aromatic rings. The summed E-state index contributed by atoms with van der Waals surface area (Å²) in [5, 5.41) is 4.86. The molecule has 0 unspecified atom stereocenters. The maximum Gasteiger partial charge on any atom is 0.229 e. The molecular formula is C15H13N3OS. The number of thiophene rings is 1. The second kappa shape index (κ2) is 5.71. The number of aromatic nitrogens is 2. The third-order valence-corrected chi connectivity index (χ3v) is 3.73. The highest BCUT2D eigenvalue weighted by Crippen LogP contribution is 2.18. The lowest BCUT2D eigenvalue weighted by molar-refractivity contribution is -0.115. The number of amides is 1. The summed E-state index contributed by atoms with van der Waals surface area (Å²) in [6.45, 7) is 0. The van der Waals surface area contributed by atoms with Crippen molar-refractivity contribution < 1.29 is 4.79 Å². The molecule has 1 aromatic carbocycles. The van der Waals surface area contributed by atoms with Crippen molar-refractivity contribution in [2.24, 2.45) is 0 Å². The van der Waals surface area contributed by atoms with Gasteiger partial charge in [-0.1, -0.05) is 6.07 Å². The fraction of sp³-hybridized carbons (Fsp3) is 0.0667. The SMILES string of the molecule is O=C(Cc1cccs1)Nc1ccc(-c2ncc[nH]2)cc1. The van der Waals surface area contributed by atoms with Gasteiger partial charge in [0.25, 0.3) is 0 Å². The molecule has 5 heteroatoms. The molecule has 0 atom stereocenters. The van der Waals surface area contributed by atoms with Gasteiger partial charge >= 0.3 is 0 Å². The van der Waals surface area contributed by atoms with E-state index < -0.39 is 0 Å². The van der Waals surface area contributed by atoms with Crippen LogP contribution in [-0.4, -0.2) is 15.9 Å². The van der Waals surface area contributed by atoms with E-state index in [1.54, 1.807) is 23.7 Å². The second-order valence-corrected chi connectivity index (χ2v) is 5.35. The number of hydrogen-bond donors (Lipinski definition) is 2. The molecule has 4 nitrogen and oxygen atoms in total. The fourth-order valence-electron chi connectivity index (χ4n) is 1.91. The summed E-state index contributed by atoms with van der Waals surface area (Å²) in [5.41, 5.74) is 1.79. The van der Waals surface area contributed by atoms with Gasteiger partial charge in [-0.25, -0.2) is 4.98 Å². The molecular weight excluding hydrogens is 270 g/mol. The summed E-state index contributed by atoms with van der Waals surface area (Å²) in [6, 6.07) is 11.5. The maximum atomic E-state index is 11.9. The van der Waals surface area contributed by atoms with Crippen LogP contribution in [0.25, 0.3) is 11.4 Å². The van der Waals surface area contributed by atoms with E-state index in [1.165, 1.54) is 0 Å². The van der Waals surface area contributed by atoms with E-state index in [2.05, 4.69) is 15.3 Å². The Labute approximate surface area is 120 Å². The molecule has 100 valence electrons. The van der Waals surface area contributed by atoms with Crippen LogP contribution in [0.3, 0.4) is 0 Å². The summed E-state index contributed by atoms with van der Waals surface area (Å²) in [7, 11) is 0. The molecule has 0 bridgehead atoms. The Bertz CT molecular complexity index is 673. The number of imidazole rings is 1. The molecule has 0 spiro atoms. The highest BCUT2D eigenvalue weighted by molar-refractivity contribution is 7.10. The Hall–Kier alpha value is -2.40. The number of benzene rings is 1. The summed E-state index contributed by atoms with van der Waals surface area (Å²) < 4.78 is 0. The van der Waals surface area contributed by atoms with E-state index in [0.717, 1.165) is 22.0 Å². The molecule has 0 radical (unpaired) electrons. The third kappa shape index (κ3) is 2.95. The molecule has 2 N–H and O–H groups in total. The van der Waals surface area contributed by atoms with Gasteiger partial charge in [0.15, 0.2) is 0 Å². The van der Waals surface area contributed by atoms with Gasteiger partial charge in [0.1, 0.15) is 5.82 Å². The first-order valence-corrected chi connectivity index (χ1v) is 7.11. The van der Waals surface area contributed by atoms with E-state index in [0.29, 0.717) is 6.42 Å². The van der Waals surface area contributed by atoms with Gasteiger partial charge in [-0.3, -0.25) is 4.79 Å². The van der Waals surface area contributed by atoms with E-state index in [9.17, 15) is 4.79 Å². The molecule has 0 saturated carbocycles. The van der Waals surface area contributed by atoms with Crippen LogP contribution in [-0.2, 0) is 11.2 Å². The number of nitrogens with zero attached hydrogens (tertiary/aromatic N) is 1. The quantitative estimate of drug-likeness (QED) is 0.771. The average molecular weight is 283 g/mol. The van der Waals surface area contributed by atoms with Gasteiger partial charge in [-0.2, -0.15) is 0 Å². The zero-order valence-corrected chi connectivity index (χ0v) is 11.5. The second-order valence-electron chi connectivity index (χ2n) is 4.32. The molecule has 20 heavy (non-hydrogen) atoms. The minimum Gasteiger partial charge on any atom is -0.345 e. The summed E-state index contributed by atoms with van der Waals surface area (Å²) in [6.07, 6.45) is 3.91. The van der Waals surface area contributed by atoms with Crippen molar-refractivity contribution in [2.75, 3.05) is 5.32 Å². The van der Waals surface area contributed by atoms with Crippen molar-refractivity contribution in [1.82, 2.24) is 9.97 Å². The number of carbonyl (C=O) groups is 1. The number of anilines is 1. The largest absolute Gasteiger partial charge is 0.345 e. The van der Waals surface area contributed by atoms with Crippen molar-refractivity contribution in [3.05, 3.63) is 59.0 Å². The van der Waals surface area contributed by atoms with Crippen molar-refractivity contribution in [3.8, 4) is 11.4 Å². The Kier molecular flexibility index (Phi) is 3.60. The predicted molar refractivity (Wildman–Crippen MR) is 80.7 cm³/mol. The lowest BCUT2D eigenvalue weighted by Crippen LogP contribution is -2.13. The van der Waals surface area contributed by atoms with Gasteiger partial charge < -0.3 is 10.3 Å². The van der Waals surface area contributed by atoms with Gasteiger partial charge in [0.05, 0.1) is 6.42 Å². The number of aromatic amines is 1. The van der Waals surface area contributed by atoms with E-state index >= 15 is 0 Å². The van der Waals surface area contributed by atoms with Crippen LogP contribution in [0.5, 0.6) is 0 Å². The number of rotatable bonds is 4. The summed E-state index contributed by atoms with van der Waals surface area (Å²) in [4.78, 5) is 20.2. The normalized spacial score (nSPS) is 10.4. The van der Waals surface area contributed by atoms with Crippen molar-refractivity contribution >= 4 is 22.9 Å². The van der Waals surface area contributed by atoms with E-state index in [4.69, 9.17) is 0 Å². The van der Waals surface area contributed by atoms with Gasteiger partial charge in [0, 0.05) is 28.5 Å². The fourth-order valence-corrected chi connectivity index (χ4v) is 2.61. The van der Waals surface area contributed by atoms with Gasteiger partial charge in [-0.15, -0.1) is 11.3 Å². The molecule has 2 aromatic heterocycles. The molecule has 2 heterocycles. The van der Waals surface area contributed by atoms with Crippen LogP contribution in [0.2, 0.25) is 0 Å². The number of carbonyl (C=O) groups excluding carboxylic acids is 1. The van der Waals surface area contributed by atoms with Crippen LogP contribution in [0.15, 0.2) is 54.2 Å². The Balaban J connectivity index is 1.65. The van der Waals surface area contributed by atoms with Crippen LogP contribution in [0.4, 0.5) is 5.69 Å². The number of hydrogen-bond acceptors (Lipinski definition) is 3. The van der Waals surface area contributed by atoms with Crippen LogP contribution >= 0.6 is 11.3 Å². The molecule has 1 amide bonds. The van der Waals surface area contributed by atoms with Crippen molar-refractivity contribution in [3.63, 3.8) is 0 Å². The average Bonchev–Trinajstić information content (AvgIpc) is 3.12. The zero-order chi connectivity index (χ0) is 13.8. The van der Waals surface area contributed by atoms with Crippen LogP contribution in [0, 0.1) is 0 Å². The molecule has 0 aliphatic carbocycles. The summed E-state index contributed by atoms with van der Waals surface area (Å²) in [5.74, 6) is 0.819. The topological polar surface area (TPSA) is 57.8 Å². The first-order valence-electron chi connectivity index (χ1n) is 6.23. The Morgan fingerprint density at radius 3 is 2.75 bits per heavy atom. The van der Waals surface area contributed by atoms with Crippen LogP contribution in [0.1, 0.15) is 4.88 Å².